The number of hydrogen-bond acceptors (Lipinski definition) is 3. The van der Waals surface area contributed by atoms with Crippen LogP contribution in [0.1, 0.15) is 33.8 Å². The van der Waals surface area contributed by atoms with Crippen LogP contribution in [-0.2, 0) is 6.42 Å². The maximum absolute atomic E-state index is 6.29. The maximum atomic E-state index is 6.29. The first-order chi connectivity index (χ1) is 7.72. The lowest BCUT2D eigenvalue weighted by atomic mass is 10.0. The predicted octanol–water partition coefficient (Wildman–Crippen LogP) is 3.06. The third kappa shape index (κ3) is 2.15. The third-order valence-corrected chi connectivity index (χ3v) is 3.81. The topological polar surface area (TPSA) is 38.9 Å². The average Bonchev–Trinajstić information content (AvgIpc) is 2.75. The van der Waals surface area contributed by atoms with E-state index in [1.165, 1.54) is 20.9 Å². The summed E-state index contributed by atoms with van der Waals surface area (Å²) in [6.45, 7) is 4.24. The zero-order chi connectivity index (χ0) is 11.5. The highest BCUT2D eigenvalue weighted by atomic mass is 32.1. The molecule has 0 aliphatic rings. The lowest BCUT2D eigenvalue weighted by Crippen LogP contribution is -2.12. The first kappa shape index (κ1) is 11.3. The van der Waals surface area contributed by atoms with Gasteiger partial charge in [0, 0.05) is 22.1 Å². The van der Waals surface area contributed by atoms with Crippen LogP contribution in [0, 0.1) is 6.92 Å². The summed E-state index contributed by atoms with van der Waals surface area (Å²) in [5, 5.41) is 0. The van der Waals surface area contributed by atoms with Gasteiger partial charge in [-0.05, 0) is 42.7 Å². The lowest BCUT2D eigenvalue weighted by Gasteiger charge is -2.13. The van der Waals surface area contributed by atoms with E-state index in [1.807, 2.05) is 18.5 Å². The molecule has 2 N–H and O–H groups in total. The van der Waals surface area contributed by atoms with Gasteiger partial charge in [-0.2, -0.15) is 0 Å². The molecule has 0 aliphatic heterocycles. The molecule has 0 bridgehead atoms. The zero-order valence-electron chi connectivity index (χ0n) is 9.60. The second-order valence-corrected chi connectivity index (χ2v) is 5.17. The molecule has 2 nitrogen and oxygen atoms in total. The normalized spacial score (nSPS) is 12.7. The summed E-state index contributed by atoms with van der Waals surface area (Å²) in [6, 6.07) is 6.24. The van der Waals surface area contributed by atoms with E-state index in [9.17, 15) is 0 Å². The van der Waals surface area contributed by atoms with Gasteiger partial charge in [-0.25, -0.2) is 0 Å². The summed E-state index contributed by atoms with van der Waals surface area (Å²) in [4.78, 5) is 6.67. The van der Waals surface area contributed by atoms with Crippen LogP contribution in [0.25, 0.3) is 0 Å². The minimum atomic E-state index is -0.0170. The largest absolute Gasteiger partial charge is 0.320 e. The van der Waals surface area contributed by atoms with Crippen molar-refractivity contribution >= 4 is 11.3 Å². The molecule has 84 valence electrons. The molecule has 0 aliphatic carbocycles. The minimum Gasteiger partial charge on any atom is -0.320 e. The summed E-state index contributed by atoms with van der Waals surface area (Å²) in [7, 11) is 0. The highest BCUT2D eigenvalue weighted by Crippen LogP contribution is 2.28. The Bertz CT molecular complexity index is 476. The van der Waals surface area contributed by atoms with Crippen molar-refractivity contribution in [3.05, 3.63) is 51.5 Å². The van der Waals surface area contributed by atoms with E-state index >= 15 is 0 Å². The van der Waals surface area contributed by atoms with Gasteiger partial charge in [0.05, 0.1) is 6.04 Å². The number of aromatic nitrogens is 1. The van der Waals surface area contributed by atoms with Crippen LogP contribution in [0.3, 0.4) is 0 Å². The monoisotopic (exact) mass is 232 g/mol. The molecule has 0 saturated heterocycles. The Morgan fingerprint density at radius 1 is 1.38 bits per heavy atom. The number of thiophene rings is 1. The van der Waals surface area contributed by atoms with Gasteiger partial charge in [-0.1, -0.05) is 6.92 Å². The van der Waals surface area contributed by atoms with Crippen LogP contribution in [0.5, 0.6) is 0 Å². The molecule has 2 aromatic heterocycles. The quantitative estimate of drug-likeness (QED) is 0.883. The van der Waals surface area contributed by atoms with Crippen LogP contribution >= 0.6 is 11.3 Å². The maximum Gasteiger partial charge on any atom is 0.0649 e. The van der Waals surface area contributed by atoms with Crippen molar-refractivity contribution in [2.24, 2.45) is 5.73 Å². The van der Waals surface area contributed by atoms with Crippen molar-refractivity contribution in [2.45, 2.75) is 26.3 Å². The fraction of sp³-hybridized carbons (Fsp3) is 0.308. The molecule has 2 rings (SSSR count). The highest BCUT2D eigenvalue weighted by molar-refractivity contribution is 7.12. The van der Waals surface area contributed by atoms with Crippen molar-refractivity contribution in [2.75, 3.05) is 0 Å². The van der Waals surface area contributed by atoms with Gasteiger partial charge in [0.15, 0.2) is 0 Å². The number of aryl methyl sites for hydroxylation is 2. The second-order valence-electron chi connectivity index (χ2n) is 3.85. The Labute approximate surface area is 100 Å². The van der Waals surface area contributed by atoms with Crippen LogP contribution in [0.2, 0.25) is 0 Å². The second kappa shape index (κ2) is 4.76. The number of nitrogens with two attached hydrogens (primary N) is 1. The van der Waals surface area contributed by atoms with Crippen molar-refractivity contribution in [3.63, 3.8) is 0 Å². The van der Waals surface area contributed by atoms with Gasteiger partial charge in [-0.15, -0.1) is 11.3 Å². The molecular weight excluding hydrogens is 216 g/mol. The smallest absolute Gasteiger partial charge is 0.0649 e. The van der Waals surface area contributed by atoms with E-state index in [1.54, 1.807) is 11.3 Å². The SMILES string of the molecule is CCc1cnccc1C(N)c1ccc(C)s1. The minimum absolute atomic E-state index is 0.0170. The molecule has 0 spiro atoms. The average molecular weight is 232 g/mol. The third-order valence-electron chi connectivity index (χ3n) is 2.72. The first-order valence-electron chi connectivity index (χ1n) is 5.47. The van der Waals surface area contributed by atoms with Crippen LogP contribution < -0.4 is 5.73 Å². The molecule has 2 aromatic rings. The van der Waals surface area contributed by atoms with Crippen molar-refractivity contribution < 1.29 is 0 Å². The molecular formula is C13H16N2S. The molecule has 16 heavy (non-hydrogen) atoms. The van der Waals surface area contributed by atoms with E-state index in [-0.39, 0.29) is 6.04 Å². The van der Waals surface area contributed by atoms with Crippen molar-refractivity contribution in [1.82, 2.24) is 4.98 Å². The molecule has 0 aromatic carbocycles. The lowest BCUT2D eigenvalue weighted by molar-refractivity contribution is 0.861. The van der Waals surface area contributed by atoms with Gasteiger partial charge in [0.1, 0.15) is 0 Å². The zero-order valence-corrected chi connectivity index (χ0v) is 10.4. The standard InChI is InChI=1S/C13H16N2S/c1-3-10-8-15-7-6-11(10)13(14)12-5-4-9(2)16-12/h4-8,13H,3,14H2,1-2H3. The fourth-order valence-corrected chi connectivity index (χ4v) is 2.71. The molecule has 0 saturated carbocycles. The molecule has 0 amide bonds. The number of hydrogen-bond donors (Lipinski definition) is 1. The molecule has 3 heteroatoms. The number of rotatable bonds is 3. The number of pyridine rings is 1. The molecule has 1 atom stereocenters. The van der Waals surface area contributed by atoms with Gasteiger partial charge < -0.3 is 5.73 Å². The van der Waals surface area contributed by atoms with Crippen LogP contribution in [0.15, 0.2) is 30.6 Å². The van der Waals surface area contributed by atoms with Crippen molar-refractivity contribution in [1.29, 1.82) is 0 Å². The molecule has 2 heterocycles. The van der Waals surface area contributed by atoms with Crippen LogP contribution in [-0.4, -0.2) is 4.98 Å². The number of nitrogens with zero attached hydrogens (tertiary/aromatic N) is 1. The van der Waals surface area contributed by atoms with E-state index < -0.39 is 0 Å². The summed E-state index contributed by atoms with van der Waals surface area (Å²) in [5.74, 6) is 0. The van der Waals surface area contributed by atoms with Gasteiger partial charge in [0.25, 0.3) is 0 Å². The molecule has 0 radical (unpaired) electrons. The summed E-state index contributed by atoms with van der Waals surface area (Å²) in [5.41, 5.74) is 8.72. The predicted molar refractivity (Wildman–Crippen MR) is 68.7 cm³/mol. The first-order valence-corrected chi connectivity index (χ1v) is 6.28. The summed E-state index contributed by atoms with van der Waals surface area (Å²) in [6.07, 6.45) is 4.70. The van der Waals surface area contributed by atoms with E-state index in [0.29, 0.717) is 0 Å². The van der Waals surface area contributed by atoms with Gasteiger partial charge in [-0.3, -0.25) is 4.98 Å². The van der Waals surface area contributed by atoms with Gasteiger partial charge in [0.2, 0.25) is 0 Å². The Balaban J connectivity index is 2.36. The summed E-state index contributed by atoms with van der Waals surface area (Å²) < 4.78 is 0. The molecule has 0 fully saturated rings. The van der Waals surface area contributed by atoms with E-state index in [4.69, 9.17) is 5.73 Å². The fourth-order valence-electron chi connectivity index (χ4n) is 1.81. The van der Waals surface area contributed by atoms with Crippen LogP contribution in [0.4, 0.5) is 0 Å². The Kier molecular flexibility index (Phi) is 3.36. The molecule has 1 unspecified atom stereocenters. The van der Waals surface area contributed by atoms with Crippen molar-refractivity contribution in [3.8, 4) is 0 Å². The van der Waals surface area contributed by atoms with Gasteiger partial charge >= 0.3 is 0 Å². The Hall–Kier alpha value is -1.19. The van der Waals surface area contributed by atoms with E-state index in [0.717, 1.165) is 6.42 Å². The summed E-state index contributed by atoms with van der Waals surface area (Å²) >= 11 is 1.76. The Morgan fingerprint density at radius 3 is 2.81 bits per heavy atom. The van der Waals surface area contributed by atoms with E-state index in [2.05, 4.69) is 31.0 Å². The Morgan fingerprint density at radius 2 is 2.19 bits per heavy atom. The highest BCUT2D eigenvalue weighted by Gasteiger charge is 2.13.